The molecule has 84 valence electrons. The normalized spacial score (nSPS) is 10.4. The predicted octanol–water partition coefficient (Wildman–Crippen LogP) is 2.29. The van der Waals surface area contributed by atoms with Gasteiger partial charge in [-0.15, -0.1) is 0 Å². The van der Waals surface area contributed by atoms with Gasteiger partial charge in [-0.05, 0) is 17.8 Å². The van der Waals surface area contributed by atoms with E-state index in [9.17, 15) is 4.39 Å². The molecule has 2 aromatic rings. The Hall–Kier alpha value is -1.69. The van der Waals surface area contributed by atoms with E-state index in [0.717, 1.165) is 0 Å². The molecule has 0 aliphatic rings. The van der Waals surface area contributed by atoms with Crippen molar-refractivity contribution in [2.45, 2.75) is 10.1 Å². The van der Waals surface area contributed by atoms with Crippen LogP contribution in [0.4, 0.5) is 10.1 Å². The quantitative estimate of drug-likeness (QED) is 0.807. The van der Waals surface area contributed by atoms with Crippen molar-refractivity contribution in [3.8, 4) is 5.75 Å². The highest BCUT2D eigenvalue weighted by Crippen LogP contribution is 2.33. The summed E-state index contributed by atoms with van der Waals surface area (Å²) in [4.78, 5) is 7.29. The first kappa shape index (κ1) is 10.8. The number of aromatic nitrogens is 2. The maximum absolute atomic E-state index is 13.6. The molecule has 0 aliphatic carbocycles. The molecule has 0 spiro atoms. The van der Waals surface area contributed by atoms with E-state index in [2.05, 4.69) is 9.97 Å². The van der Waals surface area contributed by atoms with Crippen LogP contribution in [-0.2, 0) is 0 Å². The summed E-state index contributed by atoms with van der Waals surface area (Å²) in [5, 5.41) is 0.616. The van der Waals surface area contributed by atoms with Gasteiger partial charge >= 0.3 is 0 Å². The topological polar surface area (TPSA) is 63.9 Å². The van der Waals surface area contributed by atoms with Gasteiger partial charge in [0.2, 0.25) is 0 Å². The van der Waals surface area contributed by atoms with Crippen LogP contribution in [-0.4, -0.2) is 17.1 Å². The average molecular weight is 239 g/mol. The number of aromatic amines is 1. The van der Waals surface area contributed by atoms with E-state index in [4.69, 9.17) is 10.5 Å². The lowest BCUT2D eigenvalue weighted by Gasteiger charge is -2.07. The number of nitrogens with two attached hydrogens (primary N) is 1. The molecule has 1 aromatic carbocycles. The molecule has 6 heteroatoms. The summed E-state index contributed by atoms with van der Waals surface area (Å²) in [6, 6.07) is 2.79. The smallest absolute Gasteiger partial charge is 0.170 e. The van der Waals surface area contributed by atoms with Crippen LogP contribution in [0.3, 0.4) is 0 Å². The Morgan fingerprint density at radius 1 is 1.50 bits per heavy atom. The van der Waals surface area contributed by atoms with Crippen molar-refractivity contribution in [2.75, 3.05) is 12.8 Å². The van der Waals surface area contributed by atoms with Gasteiger partial charge in [0.1, 0.15) is 11.6 Å². The third-order valence-electron chi connectivity index (χ3n) is 1.96. The Morgan fingerprint density at radius 3 is 2.94 bits per heavy atom. The van der Waals surface area contributed by atoms with E-state index < -0.39 is 0 Å². The van der Waals surface area contributed by atoms with Crippen molar-refractivity contribution in [3.05, 3.63) is 30.3 Å². The van der Waals surface area contributed by atoms with Gasteiger partial charge < -0.3 is 15.5 Å². The number of methoxy groups -OCH3 is 1. The van der Waals surface area contributed by atoms with Gasteiger partial charge in [-0.2, -0.15) is 0 Å². The second kappa shape index (κ2) is 4.44. The third-order valence-corrected chi connectivity index (χ3v) is 2.91. The lowest BCUT2D eigenvalue weighted by molar-refractivity contribution is 0.414. The van der Waals surface area contributed by atoms with Crippen LogP contribution in [0.5, 0.6) is 5.75 Å². The second-order valence-electron chi connectivity index (χ2n) is 3.02. The molecule has 4 nitrogen and oxygen atoms in total. The molecule has 2 rings (SSSR count). The number of H-pyrrole nitrogens is 1. The monoisotopic (exact) mass is 239 g/mol. The number of hydrogen-bond donors (Lipinski definition) is 2. The zero-order chi connectivity index (χ0) is 11.5. The fraction of sp³-hybridized carbons (Fsp3) is 0.100. The Bertz CT molecular complexity index is 487. The van der Waals surface area contributed by atoms with E-state index in [0.29, 0.717) is 15.8 Å². The predicted molar refractivity (Wildman–Crippen MR) is 60.1 cm³/mol. The number of imidazole rings is 1. The Labute approximate surface area is 96.0 Å². The van der Waals surface area contributed by atoms with Crippen molar-refractivity contribution in [1.82, 2.24) is 9.97 Å². The molecule has 0 bridgehead atoms. The van der Waals surface area contributed by atoms with Crippen molar-refractivity contribution in [1.29, 1.82) is 0 Å². The zero-order valence-electron chi connectivity index (χ0n) is 8.53. The number of nitrogens with one attached hydrogen (secondary N) is 1. The molecule has 0 radical (unpaired) electrons. The molecule has 0 saturated heterocycles. The Kier molecular flexibility index (Phi) is 3.00. The standard InChI is InChI=1S/C10H10FN3OS/c1-15-8-5-9(6(11)4-7(8)12)16-10-13-2-3-14-10/h2-5H,12H2,1H3,(H,13,14). The van der Waals surface area contributed by atoms with E-state index in [1.807, 2.05) is 0 Å². The zero-order valence-corrected chi connectivity index (χ0v) is 9.34. The highest BCUT2D eigenvalue weighted by atomic mass is 32.2. The average Bonchev–Trinajstić information content (AvgIpc) is 2.75. The molecule has 0 amide bonds. The van der Waals surface area contributed by atoms with Crippen LogP contribution in [0, 0.1) is 5.82 Å². The first-order valence-corrected chi connectivity index (χ1v) is 5.32. The number of hydrogen-bond acceptors (Lipinski definition) is 4. The van der Waals surface area contributed by atoms with Crippen LogP contribution in [0.2, 0.25) is 0 Å². The molecule has 16 heavy (non-hydrogen) atoms. The number of anilines is 1. The van der Waals surface area contributed by atoms with Crippen LogP contribution >= 0.6 is 11.8 Å². The van der Waals surface area contributed by atoms with Crippen LogP contribution in [0.1, 0.15) is 0 Å². The highest BCUT2D eigenvalue weighted by Gasteiger charge is 2.10. The number of nitrogens with zero attached hydrogens (tertiary/aromatic N) is 1. The van der Waals surface area contributed by atoms with Crippen molar-refractivity contribution >= 4 is 17.4 Å². The minimum absolute atomic E-state index is 0.281. The number of ether oxygens (including phenoxy) is 1. The summed E-state index contributed by atoms with van der Waals surface area (Å²) in [6.45, 7) is 0. The number of nitrogen functional groups attached to an aromatic ring is 1. The molecule has 3 N–H and O–H groups in total. The van der Waals surface area contributed by atoms with Crippen molar-refractivity contribution < 1.29 is 9.13 Å². The third kappa shape index (κ3) is 2.11. The first-order valence-electron chi connectivity index (χ1n) is 4.51. The Balaban J connectivity index is 2.33. The van der Waals surface area contributed by atoms with Gasteiger partial charge in [0, 0.05) is 18.5 Å². The molecule has 1 heterocycles. The first-order chi connectivity index (χ1) is 7.70. The molecule has 0 unspecified atom stereocenters. The van der Waals surface area contributed by atoms with E-state index in [-0.39, 0.29) is 11.5 Å². The number of halogens is 1. The van der Waals surface area contributed by atoms with E-state index in [1.54, 1.807) is 18.5 Å². The minimum atomic E-state index is -0.389. The van der Waals surface area contributed by atoms with E-state index >= 15 is 0 Å². The molecule has 0 atom stereocenters. The molecule has 1 aromatic heterocycles. The molecular formula is C10H10FN3OS. The van der Waals surface area contributed by atoms with Gasteiger partial charge in [-0.1, -0.05) is 0 Å². The van der Waals surface area contributed by atoms with Gasteiger partial charge in [0.15, 0.2) is 5.16 Å². The van der Waals surface area contributed by atoms with Crippen molar-refractivity contribution in [2.24, 2.45) is 0 Å². The SMILES string of the molecule is COc1cc(Sc2ncc[nH]2)c(F)cc1N. The molecule has 0 fully saturated rings. The number of benzene rings is 1. The summed E-state index contributed by atoms with van der Waals surface area (Å²) in [6.07, 6.45) is 3.28. The van der Waals surface area contributed by atoms with Gasteiger partial charge in [0.25, 0.3) is 0 Å². The van der Waals surface area contributed by atoms with Crippen LogP contribution in [0.25, 0.3) is 0 Å². The van der Waals surface area contributed by atoms with Crippen LogP contribution < -0.4 is 10.5 Å². The van der Waals surface area contributed by atoms with Gasteiger partial charge in [0.05, 0.1) is 17.7 Å². The maximum atomic E-state index is 13.6. The second-order valence-corrected chi connectivity index (χ2v) is 4.05. The van der Waals surface area contributed by atoms with Crippen molar-refractivity contribution in [3.63, 3.8) is 0 Å². The summed E-state index contributed by atoms with van der Waals surface area (Å²) in [5.41, 5.74) is 5.86. The maximum Gasteiger partial charge on any atom is 0.170 e. The fourth-order valence-corrected chi connectivity index (χ4v) is 1.99. The number of rotatable bonds is 3. The van der Waals surface area contributed by atoms with Crippen LogP contribution in [0.15, 0.2) is 34.6 Å². The summed E-state index contributed by atoms with van der Waals surface area (Å²) in [7, 11) is 1.49. The summed E-state index contributed by atoms with van der Waals surface area (Å²) < 4.78 is 18.6. The van der Waals surface area contributed by atoms with Gasteiger partial charge in [-0.25, -0.2) is 9.37 Å². The highest BCUT2D eigenvalue weighted by molar-refractivity contribution is 7.99. The lowest BCUT2D eigenvalue weighted by atomic mass is 10.3. The molecule has 0 aliphatic heterocycles. The molecular weight excluding hydrogens is 229 g/mol. The van der Waals surface area contributed by atoms with Gasteiger partial charge in [-0.3, -0.25) is 0 Å². The van der Waals surface area contributed by atoms with E-state index in [1.165, 1.54) is 24.9 Å². The lowest BCUT2D eigenvalue weighted by Crippen LogP contribution is -1.95. The minimum Gasteiger partial charge on any atom is -0.495 e. The summed E-state index contributed by atoms with van der Waals surface area (Å²) in [5.74, 6) is 0.0650. The fourth-order valence-electron chi connectivity index (χ4n) is 1.22. The molecule has 0 saturated carbocycles. The Morgan fingerprint density at radius 2 is 2.31 bits per heavy atom. The largest absolute Gasteiger partial charge is 0.495 e. The summed E-state index contributed by atoms with van der Waals surface area (Å²) >= 11 is 1.18.